The van der Waals surface area contributed by atoms with Crippen LogP contribution in [0.2, 0.25) is 0 Å². The lowest BCUT2D eigenvalue weighted by Crippen LogP contribution is -2.43. The van der Waals surface area contributed by atoms with Crippen LogP contribution in [-0.2, 0) is 11.2 Å². The molecule has 0 saturated carbocycles. The van der Waals surface area contributed by atoms with E-state index in [1.54, 1.807) is 11.0 Å². The van der Waals surface area contributed by atoms with Crippen molar-refractivity contribution in [3.05, 3.63) is 47.9 Å². The highest BCUT2D eigenvalue weighted by molar-refractivity contribution is 5.69. The van der Waals surface area contributed by atoms with Crippen molar-refractivity contribution in [1.29, 1.82) is 5.26 Å². The van der Waals surface area contributed by atoms with Gasteiger partial charge in [0.25, 0.3) is 0 Å². The highest BCUT2D eigenvalue weighted by Gasteiger charge is 2.16. The number of anilines is 4. The number of ether oxygens (including phenoxy) is 1. The molecule has 0 unspecified atom stereocenters. The molecule has 1 amide bonds. The van der Waals surface area contributed by atoms with E-state index in [0.717, 1.165) is 38.3 Å². The van der Waals surface area contributed by atoms with Gasteiger partial charge in [0.05, 0.1) is 12.5 Å². The lowest BCUT2D eigenvalue weighted by molar-refractivity contribution is 0.133. The summed E-state index contributed by atoms with van der Waals surface area (Å²) in [7, 11) is 0. The molecule has 0 spiro atoms. The zero-order chi connectivity index (χ0) is 23.8. The van der Waals surface area contributed by atoms with Gasteiger partial charge in [-0.15, -0.1) is 0 Å². The first-order chi connectivity index (χ1) is 16.7. The number of benzene rings is 1. The second kappa shape index (κ2) is 11.3. The highest BCUT2D eigenvalue weighted by atomic mass is 16.5. The molecule has 1 aromatic heterocycles. The van der Waals surface area contributed by atoms with Gasteiger partial charge < -0.3 is 30.5 Å². The maximum absolute atomic E-state index is 11.7. The fourth-order valence-electron chi connectivity index (χ4n) is 3.98. The summed E-state index contributed by atoms with van der Waals surface area (Å²) in [6, 6.07) is 8.54. The number of carbonyl (C=O) groups excluding carboxylic acids is 1. The first-order valence-corrected chi connectivity index (χ1v) is 11.6. The average molecular weight is 463 g/mol. The quantitative estimate of drug-likeness (QED) is 0.483. The largest absolute Gasteiger partial charge is 0.418 e. The summed E-state index contributed by atoms with van der Waals surface area (Å²) in [6.45, 7) is 7.76. The van der Waals surface area contributed by atoms with E-state index < -0.39 is 0 Å². The van der Waals surface area contributed by atoms with Crippen molar-refractivity contribution in [2.45, 2.75) is 19.8 Å². The molecule has 1 aromatic carbocycles. The second-order valence-electron chi connectivity index (χ2n) is 8.11. The fraction of sp³-hybridized carbons (Fsp3) is 0.417. The number of hydrogen-bond acceptors (Lipinski definition) is 9. The summed E-state index contributed by atoms with van der Waals surface area (Å²) < 4.78 is 4.88. The molecule has 1 fully saturated rings. The first kappa shape index (κ1) is 23.3. The van der Waals surface area contributed by atoms with Crippen LogP contribution in [-0.4, -0.2) is 66.8 Å². The number of piperazine rings is 1. The Balaban J connectivity index is 1.40. The fourth-order valence-corrected chi connectivity index (χ4v) is 3.98. The summed E-state index contributed by atoms with van der Waals surface area (Å²) >= 11 is 0. The SMILES string of the molecule is CCc1cc(N2CCNCC2)ccc1Nc1ncc(C#N)c(NCCCN2CC=COC2=O)n1. The molecule has 0 bridgehead atoms. The number of hydrogen-bond donors (Lipinski definition) is 3. The van der Waals surface area contributed by atoms with E-state index in [0.29, 0.717) is 43.4 Å². The lowest BCUT2D eigenvalue weighted by Gasteiger charge is -2.30. The number of nitriles is 1. The van der Waals surface area contributed by atoms with Crippen molar-refractivity contribution < 1.29 is 9.53 Å². The topological polar surface area (TPSA) is 118 Å². The van der Waals surface area contributed by atoms with Crippen LogP contribution in [0.15, 0.2) is 36.7 Å². The smallest absolute Gasteiger partial charge is 0.414 e. The van der Waals surface area contributed by atoms with Crippen molar-refractivity contribution in [2.75, 3.05) is 61.3 Å². The van der Waals surface area contributed by atoms with Gasteiger partial charge in [-0.05, 0) is 42.7 Å². The second-order valence-corrected chi connectivity index (χ2v) is 8.11. The monoisotopic (exact) mass is 462 g/mol. The third-order valence-corrected chi connectivity index (χ3v) is 5.85. The van der Waals surface area contributed by atoms with Gasteiger partial charge in [-0.1, -0.05) is 6.92 Å². The Kier molecular flexibility index (Phi) is 7.78. The summed E-state index contributed by atoms with van der Waals surface area (Å²) in [5.41, 5.74) is 3.73. The maximum Gasteiger partial charge on any atom is 0.414 e. The number of aromatic nitrogens is 2. The maximum atomic E-state index is 11.7. The zero-order valence-corrected chi connectivity index (χ0v) is 19.4. The number of carbonyl (C=O) groups is 1. The predicted molar refractivity (Wildman–Crippen MR) is 131 cm³/mol. The van der Waals surface area contributed by atoms with Crippen LogP contribution >= 0.6 is 0 Å². The van der Waals surface area contributed by atoms with Crippen molar-refractivity contribution >= 4 is 29.2 Å². The Bertz CT molecular complexity index is 1080. The molecule has 34 heavy (non-hydrogen) atoms. The van der Waals surface area contributed by atoms with E-state index in [2.05, 4.69) is 62.0 Å². The van der Waals surface area contributed by atoms with Gasteiger partial charge in [0.1, 0.15) is 17.5 Å². The van der Waals surface area contributed by atoms with Crippen LogP contribution in [0.25, 0.3) is 0 Å². The Morgan fingerprint density at radius 2 is 2.15 bits per heavy atom. The number of nitrogens with zero attached hydrogens (tertiary/aromatic N) is 5. The molecule has 3 N–H and O–H groups in total. The number of aryl methyl sites for hydroxylation is 1. The van der Waals surface area contributed by atoms with E-state index in [1.807, 2.05) is 0 Å². The van der Waals surface area contributed by atoms with Crippen molar-refractivity contribution in [3.8, 4) is 6.07 Å². The lowest BCUT2D eigenvalue weighted by atomic mass is 10.1. The number of rotatable bonds is 9. The van der Waals surface area contributed by atoms with E-state index >= 15 is 0 Å². The van der Waals surface area contributed by atoms with Crippen LogP contribution < -0.4 is 20.9 Å². The van der Waals surface area contributed by atoms with Crippen LogP contribution in [0.4, 0.5) is 27.9 Å². The van der Waals surface area contributed by atoms with Crippen molar-refractivity contribution in [1.82, 2.24) is 20.2 Å². The molecule has 4 rings (SSSR count). The molecule has 10 nitrogen and oxygen atoms in total. The molecular formula is C24H30N8O2. The Hall–Kier alpha value is -3.84. The molecule has 178 valence electrons. The van der Waals surface area contributed by atoms with E-state index in [1.165, 1.54) is 23.7 Å². The first-order valence-electron chi connectivity index (χ1n) is 11.6. The van der Waals surface area contributed by atoms with Crippen molar-refractivity contribution in [3.63, 3.8) is 0 Å². The molecular weight excluding hydrogens is 432 g/mol. The number of nitrogens with one attached hydrogen (secondary N) is 3. The van der Waals surface area contributed by atoms with Gasteiger partial charge in [0.2, 0.25) is 5.95 Å². The Morgan fingerprint density at radius 3 is 2.91 bits per heavy atom. The van der Waals surface area contributed by atoms with Gasteiger partial charge in [0, 0.05) is 57.2 Å². The minimum Gasteiger partial charge on any atom is -0.418 e. The summed E-state index contributed by atoms with van der Waals surface area (Å²) in [5.74, 6) is 0.896. The van der Waals surface area contributed by atoms with Crippen LogP contribution in [0.5, 0.6) is 0 Å². The molecule has 10 heteroatoms. The van der Waals surface area contributed by atoms with Gasteiger partial charge in [-0.25, -0.2) is 9.78 Å². The normalized spacial score (nSPS) is 15.6. The van der Waals surface area contributed by atoms with Gasteiger partial charge in [0.15, 0.2) is 0 Å². The molecule has 0 radical (unpaired) electrons. The standard InChI is InChI=1S/C24H30N8O2/c1-2-18-15-20(31-12-8-26-9-13-31)5-6-21(18)29-23-28-17-19(16-25)22(30-23)27-7-3-10-32-11-4-14-34-24(32)33/h4-6,14-15,17,26H,2-3,7-13H2,1H3,(H2,27,28,29,30). The minimum atomic E-state index is -0.344. The summed E-state index contributed by atoms with van der Waals surface area (Å²) in [4.78, 5) is 24.6. The molecule has 3 heterocycles. The van der Waals surface area contributed by atoms with Gasteiger partial charge in [-0.3, -0.25) is 0 Å². The van der Waals surface area contributed by atoms with E-state index in [4.69, 9.17) is 4.74 Å². The minimum absolute atomic E-state index is 0.344. The summed E-state index contributed by atoms with van der Waals surface area (Å²) in [5, 5.41) is 19.4. The molecule has 0 aliphatic carbocycles. The van der Waals surface area contributed by atoms with E-state index in [9.17, 15) is 10.1 Å². The molecule has 0 atom stereocenters. The Morgan fingerprint density at radius 1 is 1.29 bits per heavy atom. The summed E-state index contributed by atoms with van der Waals surface area (Å²) in [6.07, 6.45) is 5.94. The average Bonchev–Trinajstić information content (AvgIpc) is 2.88. The predicted octanol–water partition coefficient (Wildman–Crippen LogP) is 2.83. The molecule has 2 aliphatic heterocycles. The molecule has 2 aliphatic rings. The third-order valence-electron chi connectivity index (χ3n) is 5.85. The molecule has 1 saturated heterocycles. The Labute approximate surface area is 199 Å². The molecule has 2 aromatic rings. The highest BCUT2D eigenvalue weighted by Crippen LogP contribution is 2.26. The number of cyclic esters (lactones) is 1. The van der Waals surface area contributed by atoms with Crippen LogP contribution in [0.1, 0.15) is 24.5 Å². The van der Waals surface area contributed by atoms with Gasteiger partial charge in [-0.2, -0.15) is 10.2 Å². The van der Waals surface area contributed by atoms with Crippen LogP contribution in [0, 0.1) is 11.3 Å². The van der Waals surface area contributed by atoms with Gasteiger partial charge >= 0.3 is 6.09 Å². The number of amides is 1. The van der Waals surface area contributed by atoms with Crippen LogP contribution in [0.3, 0.4) is 0 Å². The third kappa shape index (κ3) is 5.74. The van der Waals surface area contributed by atoms with Crippen molar-refractivity contribution in [2.24, 2.45) is 0 Å². The zero-order valence-electron chi connectivity index (χ0n) is 19.4. The van der Waals surface area contributed by atoms with E-state index in [-0.39, 0.29) is 6.09 Å².